The summed E-state index contributed by atoms with van der Waals surface area (Å²) in [5.41, 5.74) is 1.42. The predicted octanol–water partition coefficient (Wildman–Crippen LogP) is 3.05. The Kier molecular flexibility index (Phi) is 6.10. The molecule has 5 nitrogen and oxygen atoms in total. The van der Waals surface area contributed by atoms with E-state index in [-0.39, 0.29) is 5.56 Å². The fourth-order valence-corrected chi connectivity index (χ4v) is 2.98. The van der Waals surface area contributed by atoms with Crippen LogP contribution in [-0.4, -0.2) is 9.94 Å². The number of pyridine rings is 2. The van der Waals surface area contributed by atoms with Gasteiger partial charge in [0, 0.05) is 24.1 Å². The van der Waals surface area contributed by atoms with Crippen molar-refractivity contribution >= 4 is 12.6 Å². The van der Waals surface area contributed by atoms with Gasteiger partial charge >= 0.3 is 0 Å². The Morgan fingerprint density at radius 3 is 2.52 bits per heavy atom. The summed E-state index contributed by atoms with van der Waals surface area (Å²) in [6, 6.07) is 8.45. The van der Waals surface area contributed by atoms with Gasteiger partial charge in [-0.3, -0.25) is 4.79 Å². The molecule has 124 valence electrons. The van der Waals surface area contributed by atoms with E-state index < -0.39 is 0 Å². The summed E-state index contributed by atoms with van der Waals surface area (Å²) in [4.78, 5) is 11.4. The SMILES string of the molecule is Cc1cc(C2CCCCC2)n(O)c(=O)c1.[O-][n+]1ccccc1S. The number of aromatic nitrogens is 2. The summed E-state index contributed by atoms with van der Waals surface area (Å²) in [5, 5.41) is 20.6. The number of rotatable bonds is 1. The Hall–Kier alpha value is -1.95. The third-order valence-corrected chi connectivity index (χ3v) is 4.35. The molecule has 0 spiro atoms. The second-order valence-corrected chi connectivity index (χ2v) is 6.29. The number of hydrogen-bond donors (Lipinski definition) is 2. The topological polar surface area (TPSA) is 69.2 Å². The number of aryl methyl sites for hydroxylation is 1. The van der Waals surface area contributed by atoms with E-state index in [1.807, 2.05) is 13.0 Å². The molecule has 1 aliphatic carbocycles. The van der Waals surface area contributed by atoms with Crippen LogP contribution in [0.2, 0.25) is 0 Å². The third-order valence-electron chi connectivity index (χ3n) is 4.01. The normalized spacial score (nSPS) is 14.9. The van der Waals surface area contributed by atoms with Gasteiger partial charge in [-0.1, -0.05) is 31.9 Å². The lowest BCUT2D eigenvalue weighted by atomic mass is 9.86. The van der Waals surface area contributed by atoms with E-state index in [1.54, 1.807) is 18.2 Å². The molecule has 0 atom stereocenters. The van der Waals surface area contributed by atoms with Crippen molar-refractivity contribution in [2.45, 2.75) is 50.0 Å². The molecule has 1 saturated carbocycles. The van der Waals surface area contributed by atoms with Crippen LogP contribution in [-0.2, 0) is 0 Å². The van der Waals surface area contributed by atoms with E-state index in [2.05, 4.69) is 12.6 Å². The summed E-state index contributed by atoms with van der Waals surface area (Å²) in [7, 11) is 0. The minimum Gasteiger partial charge on any atom is -0.618 e. The Bertz CT molecular complexity index is 688. The van der Waals surface area contributed by atoms with Crippen LogP contribution in [0.1, 0.15) is 49.3 Å². The molecule has 0 unspecified atom stereocenters. The van der Waals surface area contributed by atoms with Crippen molar-refractivity contribution in [2.24, 2.45) is 0 Å². The zero-order chi connectivity index (χ0) is 16.8. The van der Waals surface area contributed by atoms with Crippen LogP contribution in [0.3, 0.4) is 0 Å². The van der Waals surface area contributed by atoms with Crippen LogP contribution in [0.4, 0.5) is 0 Å². The van der Waals surface area contributed by atoms with E-state index in [0.29, 0.717) is 15.7 Å². The second kappa shape index (κ2) is 8.06. The summed E-state index contributed by atoms with van der Waals surface area (Å²) < 4.78 is 1.52. The van der Waals surface area contributed by atoms with Gasteiger partial charge in [0.25, 0.3) is 5.56 Å². The highest BCUT2D eigenvalue weighted by molar-refractivity contribution is 7.80. The molecule has 1 N–H and O–H groups in total. The molecule has 0 bridgehead atoms. The molecule has 1 aliphatic rings. The fourth-order valence-electron chi connectivity index (χ4n) is 2.83. The van der Waals surface area contributed by atoms with Gasteiger partial charge in [-0.25, -0.2) is 0 Å². The Morgan fingerprint density at radius 2 is 1.96 bits per heavy atom. The molecule has 0 amide bonds. The predicted molar refractivity (Wildman–Crippen MR) is 91.1 cm³/mol. The highest BCUT2D eigenvalue weighted by atomic mass is 32.1. The first kappa shape index (κ1) is 17.4. The van der Waals surface area contributed by atoms with Gasteiger partial charge in [0.2, 0.25) is 5.03 Å². The van der Waals surface area contributed by atoms with Crippen LogP contribution in [0.15, 0.2) is 46.3 Å². The number of hydrogen-bond acceptors (Lipinski definition) is 4. The van der Waals surface area contributed by atoms with Crippen LogP contribution >= 0.6 is 12.6 Å². The van der Waals surface area contributed by atoms with Crippen molar-refractivity contribution in [3.05, 3.63) is 63.3 Å². The molecule has 1 fully saturated rings. The molecular formula is C17H22N2O3S. The first-order valence-electron chi connectivity index (χ1n) is 7.79. The molecule has 0 saturated heterocycles. The third kappa shape index (κ3) is 4.76. The van der Waals surface area contributed by atoms with Crippen molar-refractivity contribution in [3.63, 3.8) is 0 Å². The van der Waals surface area contributed by atoms with E-state index in [9.17, 15) is 15.2 Å². The summed E-state index contributed by atoms with van der Waals surface area (Å²) in [6.07, 6.45) is 7.26. The molecule has 0 radical (unpaired) electrons. The first-order valence-corrected chi connectivity index (χ1v) is 8.24. The fraction of sp³-hybridized carbons (Fsp3) is 0.412. The van der Waals surface area contributed by atoms with E-state index in [0.717, 1.165) is 28.8 Å². The minimum absolute atomic E-state index is 0.310. The zero-order valence-corrected chi connectivity index (χ0v) is 14.1. The second-order valence-electron chi connectivity index (χ2n) is 5.83. The molecule has 2 aromatic heterocycles. The van der Waals surface area contributed by atoms with Gasteiger partial charge < -0.3 is 10.4 Å². The largest absolute Gasteiger partial charge is 0.618 e. The quantitative estimate of drug-likeness (QED) is 0.364. The standard InChI is InChI=1S/C12H17NO2.C5H5NOS/c1-9-7-11(13(15)12(14)8-9)10-5-3-2-4-6-10;7-6-4-2-1-3-5(6)8/h7-8,10,15H,2-6H2,1H3;1-4,8H. The lowest BCUT2D eigenvalue weighted by molar-refractivity contribution is -0.645. The molecule has 2 heterocycles. The van der Waals surface area contributed by atoms with Crippen molar-refractivity contribution in [1.82, 2.24) is 4.73 Å². The monoisotopic (exact) mass is 334 g/mol. The van der Waals surface area contributed by atoms with Gasteiger partial charge in [0.1, 0.15) is 0 Å². The smallest absolute Gasteiger partial charge is 0.283 e. The maximum absolute atomic E-state index is 11.4. The molecule has 6 heteroatoms. The average molecular weight is 334 g/mol. The van der Waals surface area contributed by atoms with Crippen molar-refractivity contribution in [3.8, 4) is 0 Å². The highest BCUT2D eigenvalue weighted by Gasteiger charge is 2.19. The van der Waals surface area contributed by atoms with Gasteiger partial charge in [-0.2, -0.15) is 9.46 Å². The summed E-state index contributed by atoms with van der Waals surface area (Å²) >= 11 is 3.85. The molecule has 23 heavy (non-hydrogen) atoms. The Labute approximate surface area is 141 Å². The average Bonchev–Trinajstić information content (AvgIpc) is 2.55. The van der Waals surface area contributed by atoms with E-state index >= 15 is 0 Å². The molecular weight excluding hydrogens is 312 g/mol. The molecule has 0 aliphatic heterocycles. The van der Waals surface area contributed by atoms with Crippen LogP contribution < -0.4 is 10.3 Å². The number of nitrogens with zero attached hydrogens (tertiary/aromatic N) is 2. The maximum atomic E-state index is 11.4. The Balaban J connectivity index is 0.000000203. The van der Waals surface area contributed by atoms with Crippen LogP contribution in [0, 0.1) is 12.1 Å². The first-order chi connectivity index (χ1) is 11.0. The van der Waals surface area contributed by atoms with Crippen molar-refractivity contribution in [1.29, 1.82) is 0 Å². The number of thiol groups is 1. The summed E-state index contributed by atoms with van der Waals surface area (Å²) in [5.74, 6) is 0.358. The van der Waals surface area contributed by atoms with Crippen LogP contribution in [0.25, 0.3) is 0 Å². The van der Waals surface area contributed by atoms with Gasteiger partial charge in [-0.05, 0) is 37.5 Å². The lowest BCUT2D eigenvalue weighted by Crippen LogP contribution is -2.26. The lowest BCUT2D eigenvalue weighted by Gasteiger charge is -2.22. The maximum Gasteiger partial charge on any atom is 0.283 e. The minimum atomic E-state index is -0.310. The van der Waals surface area contributed by atoms with Crippen molar-refractivity contribution in [2.75, 3.05) is 0 Å². The molecule has 3 rings (SSSR count). The van der Waals surface area contributed by atoms with Crippen LogP contribution in [0.5, 0.6) is 0 Å². The van der Waals surface area contributed by atoms with Gasteiger partial charge in [0.15, 0.2) is 6.20 Å². The van der Waals surface area contributed by atoms with E-state index in [1.165, 1.54) is 31.5 Å². The van der Waals surface area contributed by atoms with E-state index in [4.69, 9.17) is 0 Å². The Morgan fingerprint density at radius 1 is 1.26 bits per heavy atom. The highest BCUT2D eigenvalue weighted by Crippen LogP contribution is 2.31. The molecule has 0 aromatic carbocycles. The summed E-state index contributed by atoms with van der Waals surface area (Å²) in [6.45, 7) is 1.90. The molecule has 2 aromatic rings. The van der Waals surface area contributed by atoms with Gasteiger partial charge in [0.05, 0.1) is 5.69 Å². The van der Waals surface area contributed by atoms with Crippen molar-refractivity contribution < 1.29 is 9.94 Å². The zero-order valence-electron chi connectivity index (χ0n) is 13.2. The van der Waals surface area contributed by atoms with Gasteiger partial charge in [-0.15, -0.1) is 0 Å².